The summed E-state index contributed by atoms with van der Waals surface area (Å²) in [6, 6.07) is 4.01. The van der Waals surface area contributed by atoms with Crippen molar-refractivity contribution in [1.82, 2.24) is 14.9 Å². The quantitative estimate of drug-likeness (QED) is 0.358. The van der Waals surface area contributed by atoms with E-state index in [0.717, 1.165) is 13.0 Å². The third kappa shape index (κ3) is 3.78. The van der Waals surface area contributed by atoms with E-state index in [1.165, 1.54) is 18.2 Å². The predicted molar refractivity (Wildman–Crippen MR) is 76.7 cm³/mol. The average Bonchev–Trinajstić information content (AvgIpc) is 2.96. The summed E-state index contributed by atoms with van der Waals surface area (Å²) in [6.07, 6.45) is 5.96. The van der Waals surface area contributed by atoms with Crippen LogP contribution in [0.1, 0.15) is 16.8 Å². The van der Waals surface area contributed by atoms with Crippen LogP contribution >= 0.6 is 0 Å². The Morgan fingerprint density at radius 3 is 2.95 bits per heavy atom. The molecule has 0 fully saturated rings. The number of benzene rings is 1. The monoisotopic (exact) mass is 289 g/mol. The number of nitrogens with zero attached hydrogens (tertiary/aromatic N) is 3. The first kappa shape index (κ1) is 14.5. The molecule has 0 unspecified atom stereocenters. The molecule has 0 aliphatic rings. The van der Waals surface area contributed by atoms with Crippen LogP contribution in [0.15, 0.2) is 36.9 Å². The highest BCUT2D eigenvalue weighted by Crippen LogP contribution is 2.22. The minimum absolute atomic E-state index is 0.0386. The minimum atomic E-state index is -0.606. The normalized spacial score (nSPS) is 10.3. The van der Waals surface area contributed by atoms with E-state index in [9.17, 15) is 14.9 Å². The lowest BCUT2D eigenvalue weighted by atomic mass is 10.1. The van der Waals surface area contributed by atoms with E-state index in [-0.39, 0.29) is 22.8 Å². The molecule has 110 valence electrons. The number of carbonyl (C=O) groups is 1. The summed E-state index contributed by atoms with van der Waals surface area (Å²) in [5.74, 6) is -0.358. The Morgan fingerprint density at radius 1 is 1.48 bits per heavy atom. The van der Waals surface area contributed by atoms with Crippen LogP contribution < -0.4 is 11.1 Å². The Morgan fingerprint density at radius 2 is 2.29 bits per heavy atom. The van der Waals surface area contributed by atoms with Gasteiger partial charge in [-0.25, -0.2) is 4.98 Å². The minimum Gasteiger partial charge on any atom is -0.393 e. The molecule has 1 heterocycles. The van der Waals surface area contributed by atoms with Gasteiger partial charge in [0, 0.05) is 37.1 Å². The maximum absolute atomic E-state index is 11.9. The highest BCUT2D eigenvalue weighted by molar-refractivity contribution is 5.95. The molecule has 0 radical (unpaired) electrons. The van der Waals surface area contributed by atoms with Crippen molar-refractivity contribution in [2.75, 3.05) is 12.3 Å². The number of aromatic nitrogens is 2. The van der Waals surface area contributed by atoms with Crippen molar-refractivity contribution < 1.29 is 9.72 Å². The largest absolute Gasteiger partial charge is 0.393 e. The van der Waals surface area contributed by atoms with Crippen LogP contribution in [0.4, 0.5) is 11.4 Å². The molecule has 1 aromatic heterocycles. The molecule has 0 saturated heterocycles. The number of nitro benzene ring substituents is 1. The van der Waals surface area contributed by atoms with E-state index >= 15 is 0 Å². The van der Waals surface area contributed by atoms with E-state index in [1.54, 1.807) is 12.5 Å². The summed E-state index contributed by atoms with van der Waals surface area (Å²) in [7, 11) is 0. The molecule has 0 bridgehead atoms. The topological polar surface area (TPSA) is 116 Å². The van der Waals surface area contributed by atoms with Crippen LogP contribution in [0.25, 0.3) is 0 Å². The molecule has 0 saturated carbocycles. The molecule has 0 atom stereocenters. The maximum atomic E-state index is 11.9. The number of aryl methyl sites for hydroxylation is 1. The fourth-order valence-electron chi connectivity index (χ4n) is 1.83. The van der Waals surface area contributed by atoms with Gasteiger partial charge in [-0.1, -0.05) is 0 Å². The zero-order valence-electron chi connectivity index (χ0n) is 11.2. The second kappa shape index (κ2) is 6.51. The van der Waals surface area contributed by atoms with Crippen molar-refractivity contribution in [3.05, 3.63) is 52.6 Å². The van der Waals surface area contributed by atoms with Gasteiger partial charge in [-0.3, -0.25) is 14.9 Å². The second-order valence-corrected chi connectivity index (χ2v) is 4.44. The summed E-state index contributed by atoms with van der Waals surface area (Å²) in [6.45, 7) is 1.21. The predicted octanol–water partition coefficient (Wildman–Crippen LogP) is 1.19. The number of nitrogen functional groups attached to an aromatic ring is 1. The second-order valence-electron chi connectivity index (χ2n) is 4.44. The van der Waals surface area contributed by atoms with Gasteiger partial charge in [0.15, 0.2) is 0 Å². The number of carbonyl (C=O) groups excluding carboxylic acids is 1. The van der Waals surface area contributed by atoms with Crippen LogP contribution in [-0.2, 0) is 6.54 Å². The van der Waals surface area contributed by atoms with Crippen LogP contribution in [0.2, 0.25) is 0 Å². The number of rotatable bonds is 6. The summed E-state index contributed by atoms with van der Waals surface area (Å²) in [4.78, 5) is 26.0. The third-order valence-corrected chi connectivity index (χ3v) is 2.93. The first-order valence-electron chi connectivity index (χ1n) is 6.36. The smallest absolute Gasteiger partial charge is 0.292 e. The zero-order chi connectivity index (χ0) is 15.2. The van der Waals surface area contributed by atoms with Gasteiger partial charge in [-0.15, -0.1) is 0 Å². The van der Waals surface area contributed by atoms with E-state index in [4.69, 9.17) is 5.73 Å². The van der Waals surface area contributed by atoms with Gasteiger partial charge >= 0.3 is 0 Å². The summed E-state index contributed by atoms with van der Waals surface area (Å²) in [5.41, 5.74) is 5.48. The lowest BCUT2D eigenvalue weighted by Crippen LogP contribution is -2.25. The van der Waals surface area contributed by atoms with Gasteiger partial charge in [0.05, 0.1) is 11.3 Å². The Hall–Kier alpha value is -2.90. The summed E-state index contributed by atoms with van der Waals surface area (Å²) < 4.78 is 1.90. The number of nitrogens with two attached hydrogens (primary N) is 1. The van der Waals surface area contributed by atoms with Gasteiger partial charge in [-0.2, -0.15) is 0 Å². The first-order valence-corrected chi connectivity index (χ1v) is 6.36. The Kier molecular flexibility index (Phi) is 4.50. The van der Waals surface area contributed by atoms with E-state index < -0.39 is 4.92 Å². The van der Waals surface area contributed by atoms with E-state index in [2.05, 4.69) is 10.3 Å². The van der Waals surface area contributed by atoms with Crippen molar-refractivity contribution >= 4 is 17.3 Å². The Bertz CT molecular complexity index is 639. The molecule has 3 N–H and O–H groups in total. The van der Waals surface area contributed by atoms with Crippen LogP contribution in [0.3, 0.4) is 0 Å². The molecule has 1 amide bonds. The van der Waals surface area contributed by atoms with E-state index in [0.29, 0.717) is 6.54 Å². The molecule has 2 aromatic rings. The Balaban J connectivity index is 1.88. The number of hydrogen-bond acceptors (Lipinski definition) is 5. The van der Waals surface area contributed by atoms with Crippen molar-refractivity contribution in [3.63, 3.8) is 0 Å². The standard InChI is InChI=1S/C13H15N5O3/c14-11-3-2-10(8-12(11)18(20)21)13(19)16-4-1-6-17-7-5-15-9-17/h2-3,5,7-9H,1,4,6,14H2,(H,16,19). The SMILES string of the molecule is Nc1ccc(C(=O)NCCCn2ccnc2)cc1[N+](=O)[O-]. The molecular weight excluding hydrogens is 274 g/mol. The van der Waals surface area contributed by atoms with Crippen molar-refractivity contribution in [1.29, 1.82) is 0 Å². The zero-order valence-corrected chi connectivity index (χ0v) is 11.2. The van der Waals surface area contributed by atoms with Crippen molar-refractivity contribution in [2.24, 2.45) is 0 Å². The number of nitrogens with one attached hydrogen (secondary N) is 1. The molecule has 0 aliphatic heterocycles. The molecule has 8 nitrogen and oxygen atoms in total. The molecule has 2 rings (SSSR count). The van der Waals surface area contributed by atoms with Crippen LogP contribution in [0.5, 0.6) is 0 Å². The molecular formula is C13H15N5O3. The number of amides is 1. The third-order valence-electron chi connectivity index (χ3n) is 2.93. The number of hydrogen-bond donors (Lipinski definition) is 2. The fraction of sp³-hybridized carbons (Fsp3) is 0.231. The van der Waals surface area contributed by atoms with Gasteiger partial charge < -0.3 is 15.6 Å². The molecule has 8 heteroatoms. The molecule has 1 aromatic carbocycles. The number of imidazole rings is 1. The van der Waals surface area contributed by atoms with Gasteiger partial charge in [-0.05, 0) is 18.6 Å². The Labute approximate surface area is 120 Å². The lowest BCUT2D eigenvalue weighted by Gasteiger charge is -2.06. The molecule has 0 spiro atoms. The van der Waals surface area contributed by atoms with Crippen molar-refractivity contribution in [3.8, 4) is 0 Å². The van der Waals surface area contributed by atoms with Crippen LogP contribution in [0, 0.1) is 10.1 Å². The maximum Gasteiger partial charge on any atom is 0.292 e. The number of anilines is 1. The summed E-state index contributed by atoms with van der Waals surface area (Å²) >= 11 is 0. The van der Waals surface area contributed by atoms with Crippen LogP contribution in [-0.4, -0.2) is 26.9 Å². The first-order chi connectivity index (χ1) is 10.1. The van der Waals surface area contributed by atoms with Crippen molar-refractivity contribution in [2.45, 2.75) is 13.0 Å². The average molecular weight is 289 g/mol. The lowest BCUT2D eigenvalue weighted by molar-refractivity contribution is -0.383. The van der Waals surface area contributed by atoms with Gasteiger partial charge in [0.25, 0.3) is 11.6 Å². The highest BCUT2D eigenvalue weighted by atomic mass is 16.6. The molecule has 0 aliphatic carbocycles. The fourth-order valence-corrected chi connectivity index (χ4v) is 1.83. The van der Waals surface area contributed by atoms with E-state index in [1.807, 2.05) is 10.8 Å². The van der Waals surface area contributed by atoms with Gasteiger partial charge in [0.2, 0.25) is 0 Å². The summed E-state index contributed by atoms with van der Waals surface area (Å²) in [5, 5.41) is 13.5. The van der Waals surface area contributed by atoms with Gasteiger partial charge in [0.1, 0.15) is 5.69 Å². The molecule has 21 heavy (non-hydrogen) atoms. The number of nitro groups is 1. The highest BCUT2D eigenvalue weighted by Gasteiger charge is 2.15.